The van der Waals surface area contributed by atoms with Crippen LogP contribution in [0.2, 0.25) is 0 Å². The summed E-state index contributed by atoms with van der Waals surface area (Å²) in [5.41, 5.74) is 4.27. The molecule has 3 amide bonds. The van der Waals surface area contributed by atoms with E-state index >= 15 is 0 Å². The van der Waals surface area contributed by atoms with Crippen molar-refractivity contribution in [1.82, 2.24) is 20.0 Å². The van der Waals surface area contributed by atoms with Gasteiger partial charge in [0, 0.05) is 28.6 Å². The number of carbonyl (C=O) groups excluding carboxylic acids is 3. The number of hydrogen-bond donors (Lipinski definition) is 4. The molecular formula is C29H37F3N6O4. The molecule has 2 atom stereocenters. The van der Waals surface area contributed by atoms with E-state index in [-0.39, 0.29) is 5.56 Å². The van der Waals surface area contributed by atoms with Gasteiger partial charge in [0.25, 0.3) is 5.91 Å². The van der Waals surface area contributed by atoms with Crippen molar-refractivity contribution in [1.29, 1.82) is 0 Å². The van der Waals surface area contributed by atoms with Gasteiger partial charge in [-0.05, 0) is 63.6 Å². The number of fused-ring (bicyclic) bond motifs is 1. The molecule has 0 saturated carbocycles. The quantitative estimate of drug-likeness (QED) is 0.269. The van der Waals surface area contributed by atoms with Gasteiger partial charge < -0.3 is 26.4 Å². The number of nitrogens with one attached hydrogen (secondary N) is 2. The number of aromatic nitrogens is 2. The van der Waals surface area contributed by atoms with E-state index in [4.69, 9.17) is 5.73 Å². The highest BCUT2D eigenvalue weighted by Gasteiger charge is 2.55. The summed E-state index contributed by atoms with van der Waals surface area (Å²) in [6.07, 6.45) is -3.57. The van der Waals surface area contributed by atoms with E-state index in [1.807, 2.05) is 0 Å². The molecule has 2 aromatic carbocycles. The van der Waals surface area contributed by atoms with Gasteiger partial charge in [-0.15, -0.1) is 0 Å². The molecule has 0 aliphatic heterocycles. The van der Waals surface area contributed by atoms with Crippen molar-refractivity contribution < 1.29 is 32.7 Å². The number of aryl methyl sites for hydroxylation is 1. The molecule has 42 heavy (non-hydrogen) atoms. The Hall–Kier alpha value is -4.13. The van der Waals surface area contributed by atoms with Gasteiger partial charge in [-0.2, -0.15) is 18.3 Å². The number of primary amides is 1. The van der Waals surface area contributed by atoms with E-state index in [0.717, 1.165) is 4.90 Å². The Morgan fingerprint density at radius 1 is 1.10 bits per heavy atom. The molecule has 228 valence electrons. The van der Waals surface area contributed by atoms with Gasteiger partial charge in [-0.3, -0.25) is 14.4 Å². The highest BCUT2D eigenvalue weighted by atomic mass is 19.4. The summed E-state index contributed by atoms with van der Waals surface area (Å²) in [6, 6.07) is 8.42. The predicted molar refractivity (Wildman–Crippen MR) is 153 cm³/mol. The summed E-state index contributed by atoms with van der Waals surface area (Å²) in [4.78, 5) is 37.6. The molecule has 2 unspecified atom stereocenters. The lowest BCUT2D eigenvalue weighted by atomic mass is 9.99. The number of rotatable bonds is 11. The molecule has 3 aromatic rings. The van der Waals surface area contributed by atoms with Crippen LogP contribution in [0.25, 0.3) is 16.6 Å². The zero-order valence-electron chi connectivity index (χ0n) is 24.4. The Labute approximate surface area is 242 Å². The third-order valence-corrected chi connectivity index (χ3v) is 6.89. The number of aliphatic hydroxyl groups is 1. The second-order valence-electron chi connectivity index (χ2n) is 11.0. The van der Waals surface area contributed by atoms with Crippen molar-refractivity contribution >= 4 is 34.3 Å². The average Bonchev–Trinajstić information content (AvgIpc) is 3.32. The minimum Gasteiger partial charge on any atom is -0.381 e. The van der Waals surface area contributed by atoms with Crippen LogP contribution in [0, 0.1) is 12.8 Å². The van der Waals surface area contributed by atoms with Crippen LogP contribution in [0.5, 0.6) is 0 Å². The second-order valence-corrected chi connectivity index (χ2v) is 11.0. The first-order chi connectivity index (χ1) is 19.4. The van der Waals surface area contributed by atoms with E-state index in [2.05, 4.69) is 15.7 Å². The first-order valence-corrected chi connectivity index (χ1v) is 13.5. The normalized spacial score (nSPS) is 14.1. The van der Waals surface area contributed by atoms with E-state index in [9.17, 15) is 32.7 Å². The maximum atomic E-state index is 14.2. The summed E-state index contributed by atoms with van der Waals surface area (Å²) in [5, 5.41) is 21.0. The van der Waals surface area contributed by atoms with Crippen LogP contribution in [-0.4, -0.2) is 74.5 Å². The van der Waals surface area contributed by atoms with Gasteiger partial charge in [0.15, 0.2) is 5.60 Å². The molecule has 13 heteroatoms. The van der Waals surface area contributed by atoms with E-state index in [1.54, 1.807) is 71.0 Å². The fraction of sp³-hybridized carbons (Fsp3) is 0.448. The Bertz CT molecular complexity index is 1470. The molecule has 0 spiro atoms. The topological polar surface area (TPSA) is 143 Å². The van der Waals surface area contributed by atoms with Crippen molar-refractivity contribution in [3.63, 3.8) is 0 Å². The van der Waals surface area contributed by atoms with Gasteiger partial charge >= 0.3 is 6.18 Å². The van der Waals surface area contributed by atoms with Crippen molar-refractivity contribution in [2.75, 3.05) is 18.4 Å². The van der Waals surface area contributed by atoms with Gasteiger partial charge in [0.1, 0.15) is 6.04 Å². The highest BCUT2D eigenvalue weighted by Crippen LogP contribution is 2.34. The number of hydrogen-bond acceptors (Lipinski definition) is 6. The Morgan fingerprint density at radius 2 is 1.76 bits per heavy atom. The van der Waals surface area contributed by atoms with E-state index < -0.39 is 60.6 Å². The molecule has 0 saturated heterocycles. The summed E-state index contributed by atoms with van der Waals surface area (Å²) in [5.74, 6) is -2.24. The number of nitrogens with two attached hydrogens (primary N) is 1. The number of nitrogens with zero attached hydrogens (tertiary/aromatic N) is 3. The minimum atomic E-state index is -5.04. The first-order valence-electron chi connectivity index (χ1n) is 13.5. The maximum absolute atomic E-state index is 14.2. The zero-order chi connectivity index (χ0) is 31.6. The monoisotopic (exact) mass is 590 g/mol. The van der Waals surface area contributed by atoms with E-state index in [1.165, 1.54) is 17.8 Å². The van der Waals surface area contributed by atoms with Crippen LogP contribution in [0.1, 0.15) is 50.5 Å². The van der Waals surface area contributed by atoms with Crippen LogP contribution < -0.4 is 16.4 Å². The van der Waals surface area contributed by atoms with Crippen molar-refractivity contribution in [2.24, 2.45) is 11.7 Å². The molecule has 3 rings (SSSR count). The first kappa shape index (κ1) is 32.4. The zero-order valence-corrected chi connectivity index (χ0v) is 24.4. The minimum absolute atomic E-state index is 0.246. The molecule has 1 aromatic heterocycles. The van der Waals surface area contributed by atoms with Crippen LogP contribution in [0.15, 0.2) is 42.6 Å². The van der Waals surface area contributed by atoms with Crippen molar-refractivity contribution in [2.45, 2.75) is 65.4 Å². The fourth-order valence-corrected chi connectivity index (χ4v) is 4.36. The SMILES string of the molecule is Cc1cc(NCC(O)(CN(C(=O)C(C)C)C(C)C)C(F)(F)F)c2cnn(-c3cccc(C(=O)NC(C)C(N)=O)c3)c2c1. The summed E-state index contributed by atoms with van der Waals surface area (Å²) in [6.45, 7) is 7.75. The van der Waals surface area contributed by atoms with Gasteiger partial charge in [-0.1, -0.05) is 19.9 Å². The van der Waals surface area contributed by atoms with Gasteiger partial charge in [-0.25, -0.2) is 4.68 Å². The van der Waals surface area contributed by atoms with Crippen LogP contribution >= 0.6 is 0 Å². The molecule has 0 aliphatic rings. The summed E-state index contributed by atoms with van der Waals surface area (Å²) >= 11 is 0. The smallest absolute Gasteiger partial charge is 0.381 e. The van der Waals surface area contributed by atoms with Crippen LogP contribution in [0.4, 0.5) is 18.9 Å². The number of amides is 3. The lowest BCUT2D eigenvalue weighted by Crippen LogP contribution is -2.60. The summed E-state index contributed by atoms with van der Waals surface area (Å²) in [7, 11) is 0. The third kappa shape index (κ3) is 7.01. The maximum Gasteiger partial charge on any atom is 0.420 e. The molecule has 5 N–H and O–H groups in total. The average molecular weight is 591 g/mol. The Balaban J connectivity index is 1.96. The molecule has 10 nitrogen and oxygen atoms in total. The molecule has 0 bridgehead atoms. The molecule has 0 radical (unpaired) electrons. The number of benzene rings is 2. The lowest BCUT2D eigenvalue weighted by molar-refractivity contribution is -0.259. The number of carbonyl (C=O) groups is 3. The number of alkyl halides is 3. The van der Waals surface area contributed by atoms with E-state index in [0.29, 0.717) is 27.8 Å². The van der Waals surface area contributed by atoms with Gasteiger partial charge in [0.05, 0.1) is 30.5 Å². The van der Waals surface area contributed by atoms with Crippen LogP contribution in [0.3, 0.4) is 0 Å². The Kier molecular flexibility index (Phi) is 9.56. The standard InChI is InChI=1S/C29H37F3N6O4/c1-16(2)27(41)37(17(3)4)15-28(42,29(30,31)32)14-34-23-10-18(5)11-24-22(23)13-35-38(24)21-9-7-8-20(12-21)26(40)36-19(6)25(33)39/h7-13,16-17,19,34,42H,14-15H2,1-6H3,(H2,33,39)(H,36,40). The Morgan fingerprint density at radius 3 is 2.33 bits per heavy atom. The van der Waals surface area contributed by atoms with Crippen molar-refractivity contribution in [3.8, 4) is 5.69 Å². The predicted octanol–water partition coefficient (Wildman–Crippen LogP) is 3.54. The van der Waals surface area contributed by atoms with Crippen molar-refractivity contribution in [3.05, 3.63) is 53.7 Å². The molecular weight excluding hydrogens is 553 g/mol. The largest absolute Gasteiger partial charge is 0.420 e. The lowest BCUT2D eigenvalue weighted by Gasteiger charge is -2.38. The number of halogens is 3. The van der Waals surface area contributed by atoms with Gasteiger partial charge in [0.2, 0.25) is 11.8 Å². The number of anilines is 1. The highest BCUT2D eigenvalue weighted by molar-refractivity contribution is 5.98. The fourth-order valence-electron chi connectivity index (χ4n) is 4.36. The summed E-state index contributed by atoms with van der Waals surface area (Å²) < 4.78 is 44.2. The molecule has 0 aliphatic carbocycles. The second kappa shape index (κ2) is 12.4. The molecule has 1 heterocycles. The van der Waals surface area contributed by atoms with Crippen LogP contribution in [-0.2, 0) is 9.59 Å². The molecule has 0 fully saturated rings. The third-order valence-electron chi connectivity index (χ3n) is 6.89.